The van der Waals surface area contributed by atoms with Crippen LogP contribution in [0.25, 0.3) is 0 Å². The summed E-state index contributed by atoms with van der Waals surface area (Å²) in [6.07, 6.45) is 1.50. The van der Waals surface area contributed by atoms with Crippen LogP contribution in [0.15, 0.2) is 0 Å². The van der Waals surface area contributed by atoms with Gasteiger partial charge in [0.2, 0.25) is 5.91 Å². The minimum Gasteiger partial charge on any atom is -0.453 e. The third kappa shape index (κ3) is 5.02. The van der Waals surface area contributed by atoms with Crippen molar-refractivity contribution in [3.63, 3.8) is 0 Å². The molecule has 1 aliphatic heterocycles. The molecule has 1 rings (SSSR count). The van der Waals surface area contributed by atoms with E-state index in [2.05, 4.69) is 10.1 Å². The topological polar surface area (TPSA) is 58.6 Å². The van der Waals surface area contributed by atoms with Crippen LogP contribution in [0.3, 0.4) is 0 Å². The molecule has 0 aromatic carbocycles. The lowest BCUT2D eigenvalue weighted by molar-refractivity contribution is -0.136. The summed E-state index contributed by atoms with van der Waals surface area (Å²) in [5, 5.41) is 2.65. The number of alkyl carbamates (subject to hydrolysis) is 1. The van der Waals surface area contributed by atoms with Crippen molar-refractivity contribution in [3.05, 3.63) is 0 Å². The Bertz CT molecular complexity index is 329. The molecule has 0 bridgehead atoms. The van der Waals surface area contributed by atoms with E-state index in [4.69, 9.17) is 0 Å². The summed E-state index contributed by atoms with van der Waals surface area (Å²) in [6, 6.07) is -0.299. The molecule has 2 atom stereocenters. The predicted molar refractivity (Wildman–Crippen MR) is 82.7 cm³/mol. The minimum atomic E-state index is -0.560. The zero-order valence-corrected chi connectivity index (χ0v) is 13.9. The van der Waals surface area contributed by atoms with Crippen LogP contribution in [0.1, 0.15) is 55.8 Å². The van der Waals surface area contributed by atoms with Crippen LogP contribution in [-0.2, 0) is 9.53 Å². The maximum absolute atomic E-state index is 12.5. The second-order valence-electron chi connectivity index (χ2n) is 5.96. The zero-order valence-electron chi connectivity index (χ0n) is 13.9. The molecule has 2 amide bonds. The van der Waals surface area contributed by atoms with E-state index in [1.165, 1.54) is 7.11 Å². The number of hydrogen-bond acceptors (Lipinski definition) is 3. The first-order valence-corrected chi connectivity index (χ1v) is 7.42. The number of carbonyl (C=O) groups excluding carboxylic acids is 2. The summed E-state index contributed by atoms with van der Waals surface area (Å²) in [4.78, 5) is 25.7. The molecule has 0 radical (unpaired) electrons. The largest absolute Gasteiger partial charge is 0.453 e. The van der Waals surface area contributed by atoms with Crippen molar-refractivity contribution in [2.75, 3.05) is 13.7 Å². The molecule has 1 heterocycles. The predicted octanol–water partition coefficient (Wildman–Crippen LogP) is 3.04. The van der Waals surface area contributed by atoms with Crippen molar-refractivity contribution in [1.29, 1.82) is 0 Å². The van der Waals surface area contributed by atoms with Gasteiger partial charge in [-0.25, -0.2) is 4.79 Å². The van der Waals surface area contributed by atoms with Crippen molar-refractivity contribution in [3.8, 4) is 0 Å². The van der Waals surface area contributed by atoms with E-state index in [1.54, 1.807) is 0 Å². The Kier molecular flexibility index (Phi) is 7.61. The Morgan fingerprint density at radius 1 is 1.35 bits per heavy atom. The van der Waals surface area contributed by atoms with Gasteiger partial charge in [0.15, 0.2) is 0 Å². The van der Waals surface area contributed by atoms with E-state index in [1.807, 2.05) is 46.4 Å². The van der Waals surface area contributed by atoms with Gasteiger partial charge in [-0.05, 0) is 25.2 Å². The van der Waals surface area contributed by atoms with Gasteiger partial charge in [0.25, 0.3) is 0 Å². The Balaban J connectivity index is 0. The molecule has 2 unspecified atom stereocenters. The first kappa shape index (κ1) is 18.7. The summed E-state index contributed by atoms with van der Waals surface area (Å²) in [5.74, 6) is -0.0158. The number of nitrogens with zero attached hydrogens (tertiary/aromatic N) is 1. The maximum atomic E-state index is 12.5. The number of nitrogens with one attached hydrogen (secondary N) is 1. The highest BCUT2D eigenvalue weighted by molar-refractivity contribution is 5.86. The summed E-state index contributed by atoms with van der Waals surface area (Å²) in [7, 11) is 1.30. The van der Waals surface area contributed by atoms with Crippen molar-refractivity contribution in [2.45, 2.75) is 66.5 Å². The molecule has 0 aliphatic carbocycles. The quantitative estimate of drug-likeness (QED) is 0.849. The van der Waals surface area contributed by atoms with Gasteiger partial charge >= 0.3 is 6.09 Å². The monoisotopic (exact) mass is 288 g/mol. The van der Waals surface area contributed by atoms with E-state index >= 15 is 0 Å². The Labute approximate surface area is 124 Å². The van der Waals surface area contributed by atoms with Crippen molar-refractivity contribution < 1.29 is 15.8 Å². The lowest BCUT2D eigenvalue weighted by atomic mass is 9.85. The standard InChI is InChI=1S/C13H24N2O3.C2H6.H2/c1-9-7-6-8-15(9)11(16)10(13(2,3)4)14-12(17)18-5;1-2;/h9-10H,6-8H2,1-5H3,(H,14,17);1-2H3;1H. The highest BCUT2D eigenvalue weighted by Gasteiger charge is 2.38. The van der Waals surface area contributed by atoms with E-state index < -0.39 is 12.1 Å². The molecule has 1 aliphatic rings. The normalized spacial score (nSPS) is 19.8. The molecule has 0 aromatic heterocycles. The molecular weight excluding hydrogens is 256 g/mol. The number of hydrogen-bond donors (Lipinski definition) is 1. The van der Waals surface area contributed by atoms with Crippen molar-refractivity contribution in [2.24, 2.45) is 5.41 Å². The van der Waals surface area contributed by atoms with Gasteiger partial charge < -0.3 is 15.0 Å². The van der Waals surface area contributed by atoms with Crippen LogP contribution in [0.5, 0.6) is 0 Å². The molecule has 0 saturated carbocycles. The second-order valence-corrected chi connectivity index (χ2v) is 5.96. The van der Waals surface area contributed by atoms with Crippen LogP contribution in [0, 0.1) is 5.41 Å². The molecule has 20 heavy (non-hydrogen) atoms. The third-order valence-corrected chi connectivity index (χ3v) is 3.40. The van der Waals surface area contributed by atoms with Crippen molar-refractivity contribution in [1.82, 2.24) is 10.2 Å². The number of carbonyl (C=O) groups is 2. The third-order valence-electron chi connectivity index (χ3n) is 3.40. The van der Waals surface area contributed by atoms with E-state index in [9.17, 15) is 9.59 Å². The van der Waals surface area contributed by atoms with Gasteiger partial charge in [0, 0.05) is 14.0 Å². The molecule has 1 saturated heterocycles. The summed E-state index contributed by atoms with van der Waals surface area (Å²) in [5.41, 5.74) is -0.340. The highest BCUT2D eigenvalue weighted by Crippen LogP contribution is 2.25. The molecule has 1 N–H and O–H groups in total. The lowest BCUT2D eigenvalue weighted by Crippen LogP contribution is -2.55. The van der Waals surface area contributed by atoms with Gasteiger partial charge in [-0.1, -0.05) is 34.6 Å². The van der Waals surface area contributed by atoms with Gasteiger partial charge in [0.05, 0.1) is 7.11 Å². The van der Waals surface area contributed by atoms with E-state index in [0.717, 1.165) is 19.4 Å². The smallest absolute Gasteiger partial charge is 0.407 e. The van der Waals surface area contributed by atoms with E-state index in [-0.39, 0.29) is 18.8 Å². The van der Waals surface area contributed by atoms with Gasteiger partial charge in [-0.2, -0.15) is 0 Å². The Morgan fingerprint density at radius 3 is 2.25 bits per heavy atom. The molecule has 1 fully saturated rings. The van der Waals surface area contributed by atoms with Gasteiger partial charge in [-0.15, -0.1) is 0 Å². The fourth-order valence-corrected chi connectivity index (χ4v) is 2.25. The molecule has 120 valence electrons. The van der Waals surface area contributed by atoms with Crippen molar-refractivity contribution >= 4 is 12.0 Å². The zero-order chi connectivity index (χ0) is 15.9. The molecule has 5 nitrogen and oxygen atoms in total. The van der Waals surface area contributed by atoms with Crippen LogP contribution >= 0.6 is 0 Å². The first-order chi connectivity index (χ1) is 9.27. The second kappa shape index (κ2) is 8.12. The average Bonchev–Trinajstić information content (AvgIpc) is 2.82. The number of amides is 2. The Morgan fingerprint density at radius 2 is 1.90 bits per heavy atom. The fraction of sp³-hybridized carbons (Fsp3) is 0.867. The lowest BCUT2D eigenvalue weighted by Gasteiger charge is -2.34. The summed E-state index contributed by atoms with van der Waals surface area (Å²) < 4.78 is 4.59. The van der Waals surface area contributed by atoms with E-state index in [0.29, 0.717) is 0 Å². The SMILES string of the molecule is CC.COC(=O)NC(C(=O)N1CCCC1C)C(C)(C)C.[HH]. The van der Waals surface area contributed by atoms with Crippen LogP contribution in [-0.4, -0.2) is 42.6 Å². The number of rotatable bonds is 2. The number of likely N-dealkylation sites (tertiary alicyclic amines) is 1. The van der Waals surface area contributed by atoms with Crippen LogP contribution < -0.4 is 5.32 Å². The average molecular weight is 288 g/mol. The highest BCUT2D eigenvalue weighted by atomic mass is 16.5. The minimum absolute atomic E-state index is 0. The van der Waals surface area contributed by atoms with Gasteiger partial charge in [0.1, 0.15) is 6.04 Å². The molecular formula is C15H32N2O3. The summed E-state index contributed by atoms with van der Waals surface area (Å²) in [6.45, 7) is 12.6. The summed E-state index contributed by atoms with van der Waals surface area (Å²) >= 11 is 0. The first-order valence-electron chi connectivity index (χ1n) is 7.42. The molecule has 0 aromatic rings. The van der Waals surface area contributed by atoms with Crippen LogP contribution in [0.4, 0.5) is 4.79 Å². The Hall–Kier alpha value is -1.26. The fourth-order valence-electron chi connectivity index (χ4n) is 2.25. The maximum Gasteiger partial charge on any atom is 0.407 e. The molecule has 5 heteroatoms. The van der Waals surface area contributed by atoms with Gasteiger partial charge in [-0.3, -0.25) is 4.79 Å². The number of ether oxygens (including phenoxy) is 1. The number of methoxy groups -OCH3 is 1. The molecule has 0 spiro atoms. The van der Waals surface area contributed by atoms with Crippen LogP contribution in [0.2, 0.25) is 0 Å².